The smallest absolute Gasteiger partial charge is 0.130 e. The summed E-state index contributed by atoms with van der Waals surface area (Å²) in [6, 6.07) is 0. The van der Waals surface area contributed by atoms with Crippen LogP contribution in [0.5, 0.6) is 0 Å². The fourth-order valence-electron chi connectivity index (χ4n) is 0.151. The summed E-state index contributed by atoms with van der Waals surface area (Å²) in [5, 5.41) is 0. The van der Waals surface area contributed by atoms with Crippen LogP contribution < -0.4 is 11.3 Å². The predicted octanol–water partition coefficient (Wildman–Crippen LogP) is 1.21. The molecule has 0 heterocycles. The lowest BCUT2D eigenvalue weighted by molar-refractivity contribution is 0.667. The van der Waals surface area contributed by atoms with Gasteiger partial charge in [0.25, 0.3) is 0 Å². The molecule has 0 rings (SSSR count). The minimum atomic E-state index is -0.483. The average Bonchev–Trinajstić information content (AvgIpc) is 1.67. The first-order valence-corrected chi connectivity index (χ1v) is 2.93. The van der Waals surface area contributed by atoms with Crippen LogP contribution in [-0.4, -0.2) is 0 Å². The molecule has 0 bridgehead atoms. The lowest BCUT2D eigenvalue weighted by Crippen LogP contribution is -2.13. The topological polar surface area (TPSA) is 38.0 Å². The van der Waals surface area contributed by atoms with E-state index in [1.54, 1.807) is 22.6 Å². The van der Waals surface area contributed by atoms with Crippen molar-refractivity contribution in [3.63, 3.8) is 0 Å². The lowest BCUT2D eigenvalue weighted by atomic mass is 10.6. The maximum atomic E-state index is 11.9. The maximum absolute atomic E-state index is 11.9. The van der Waals surface area contributed by atoms with Crippen LogP contribution >= 0.6 is 22.6 Å². The second-order valence-corrected chi connectivity index (χ2v) is 2.23. The lowest BCUT2D eigenvalue weighted by Gasteiger charge is -1.90. The number of hydrazine groups is 1. The fourth-order valence-corrected chi connectivity index (χ4v) is 0.331. The number of allylic oxidation sites excluding steroid dienone is 2. The highest BCUT2D eigenvalue weighted by atomic mass is 127. The van der Waals surface area contributed by atoms with Gasteiger partial charge in [0.1, 0.15) is 5.83 Å². The molecule has 0 aliphatic heterocycles. The molecule has 0 aromatic carbocycles. The molecule has 0 amide bonds. The minimum absolute atomic E-state index is 0.380. The zero-order valence-electron chi connectivity index (χ0n) is 4.12. The Balaban J connectivity index is 3.80. The molecule has 2 nitrogen and oxygen atoms in total. The van der Waals surface area contributed by atoms with Gasteiger partial charge in [0.15, 0.2) is 0 Å². The first kappa shape index (κ1) is 7.90. The molecule has 0 saturated heterocycles. The van der Waals surface area contributed by atoms with Gasteiger partial charge in [-0.25, -0.2) is 4.39 Å². The predicted molar refractivity (Wildman–Crippen MR) is 39.7 cm³/mol. The summed E-state index contributed by atoms with van der Waals surface area (Å²) in [4.78, 5) is 0. The number of rotatable bonds is 2. The molecule has 0 atom stereocenters. The number of hydrogen-bond acceptors (Lipinski definition) is 2. The van der Waals surface area contributed by atoms with Crippen molar-refractivity contribution in [1.82, 2.24) is 5.43 Å². The molecular formula is C4H6FIN2. The number of nitrogens with one attached hydrogen (secondary N) is 1. The highest BCUT2D eigenvalue weighted by molar-refractivity contribution is 14.1. The van der Waals surface area contributed by atoms with E-state index in [1.807, 2.05) is 0 Å². The van der Waals surface area contributed by atoms with Crippen molar-refractivity contribution in [2.75, 3.05) is 0 Å². The van der Waals surface area contributed by atoms with Gasteiger partial charge >= 0.3 is 0 Å². The molecule has 3 N–H and O–H groups in total. The Morgan fingerprint density at radius 1 is 1.88 bits per heavy atom. The van der Waals surface area contributed by atoms with E-state index in [0.29, 0.717) is 3.58 Å². The van der Waals surface area contributed by atoms with E-state index in [1.165, 1.54) is 6.20 Å². The first-order chi connectivity index (χ1) is 3.68. The third kappa shape index (κ3) is 2.98. The number of halogens is 2. The van der Waals surface area contributed by atoms with Crippen molar-refractivity contribution in [1.29, 1.82) is 0 Å². The summed E-state index contributed by atoms with van der Waals surface area (Å²) in [5.41, 5.74) is 2.18. The van der Waals surface area contributed by atoms with E-state index in [4.69, 9.17) is 5.84 Å². The van der Waals surface area contributed by atoms with Crippen LogP contribution in [0.15, 0.2) is 22.2 Å². The van der Waals surface area contributed by atoms with E-state index in [2.05, 4.69) is 12.0 Å². The fraction of sp³-hybridized carbons (Fsp3) is 0. The van der Waals surface area contributed by atoms with E-state index in [0.717, 1.165) is 0 Å². The van der Waals surface area contributed by atoms with Crippen molar-refractivity contribution in [3.8, 4) is 0 Å². The quantitative estimate of drug-likeness (QED) is 0.322. The van der Waals surface area contributed by atoms with Crippen LogP contribution in [0, 0.1) is 0 Å². The van der Waals surface area contributed by atoms with Gasteiger partial charge in [0.05, 0.1) is 3.58 Å². The second-order valence-electron chi connectivity index (χ2n) is 1.06. The van der Waals surface area contributed by atoms with Crippen LogP contribution in [0.4, 0.5) is 4.39 Å². The molecular weight excluding hydrogens is 222 g/mol. The Labute approximate surface area is 60.7 Å². The zero-order valence-corrected chi connectivity index (χ0v) is 6.28. The van der Waals surface area contributed by atoms with Crippen LogP contribution in [0.2, 0.25) is 0 Å². The number of hydrogen-bond donors (Lipinski definition) is 2. The van der Waals surface area contributed by atoms with Crippen LogP contribution in [0.1, 0.15) is 0 Å². The highest BCUT2D eigenvalue weighted by Gasteiger charge is 1.91. The van der Waals surface area contributed by atoms with E-state index in [9.17, 15) is 4.39 Å². The van der Waals surface area contributed by atoms with E-state index in [-0.39, 0.29) is 0 Å². The van der Waals surface area contributed by atoms with Crippen LogP contribution in [0.25, 0.3) is 0 Å². The van der Waals surface area contributed by atoms with Gasteiger partial charge in [-0.1, -0.05) is 6.58 Å². The highest BCUT2D eigenvalue weighted by Crippen LogP contribution is 2.14. The third-order valence-electron chi connectivity index (χ3n) is 0.469. The molecule has 0 aromatic rings. The van der Waals surface area contributed by atoms with Crippen molar-refractivity contribution >= 4 is 22.6 Å². The molecule has 0 saturated carbocycles. The molecule has 0 fully saturated rings. The van der Waals surface area contributed by atoms with Gasteiger partial charge in [0, 0.05) is 6.20 Å². The largest absolute Gasteiger partial charge is 0.330 e. The number of nitrogens with two attached hydrogens (primary N) is 1. The van der Waals surface area contributed by atoms with Gasteiger partial charge in [-0.05, 0) is 22.6 Å². The third-order valence-corrected chi connectivity index (χ3v) is 1.37. The minimum Gasteiger partial charge on any atom is -0.330 e. The summed E-state index contributed by atoms with van der Waals surface area (Å²) in [6.07, 6.45) is 1.32. The molecule has 0 radical (unpaired) electrons. The SMILES string of the molecule is C=C(F)/C(I)=C\NN. The van der Waals surface area contributed by atoms with Crippen LogP contribution in [-0.2, 0) is 0 Å². The van der Waals surface area contributed by atoms with E-state index >= 15 is 0 Å². The molecule has 8 heavy (non-hydrogen) atoms. The van der Waals surface area contributed by atoms with Crippen LogP contribution in [0.3, 0.4) is 0 Å². The molecule has 46 valence electrons. The Morgan fingerprint density at radius 2 is 2.38 bits per heavy atom. The zero-order chi connectivity index (χ0) is 6.57. The Bertz CT molecular complexity index is 121. The monoisotopic (exact) mass is 228 g/mol. The normalized spacial score (nSPS) is 11.1. The standard InChI is InChI=1S/C4H6FIN2/c1-3(5)4(6)2-8-7/h2,8H,1,7H2/b4-2+. The Hall–Kier alpha value is -0.100. The first-order valence-electron chi connectivity index (χ1n) is 1.85. The summed E-state index contributed by atoms with van der Waals surface area (Å²) in [5.74, 6) is 4.35. The van der Waals surface area contributed by atoms with Crippen molar-refractivity contribution in [3.05, 3.63) is 22.2 Å². The summed E-state index contributed by atoms with van der Waals surface area (Å²) < 4.78 is 12.3. The average molecular weight is 228 g/mol. The van der Waals surface area contributed by atoms with Crippen molar-refractivity contribution in [2.45, 2.75) is 0 Å². The van der Waals surface area contributed by atoms with Gasteiger partial charge in [-0.3, -0.25) is 5.84 Å². The van der Waals surface area contributed by atoms with E-state index < -0.39 is 5.83 Å². The Morgan fingerprint density at radius 3 is 2.50 bits per heavy atom. The summed E-state index contributed by atoms with van der Waals surface area (Å²) >= 11 is 1.78. The van der Waals surface area contributed by atoms with Crippen molar-refractivity contribution in [2.24, 2.45) is 5.84 Å². The molecule has 0 aliphatic rings. The van der Waals surface area contributed by atoms with Gasteiger partial charge in [-0.15, -0.1) is 0 Å². The Kier molecular flexibility index (Phi) is 3.80. The molecule has 0 aromatic heterocycles. The van der Waals surface area contributed by atoms with Gasteiger partial charge < -0.3 is 5.43 Å². The summed E-state index contributed by atoms with van der Waals surface area (Å²) in [6.45, 7) is 3.04. The van der Waals surface area contributed by atoms with Crippen molar-refractivity contribution < 1.29 is 4.39 Å². The van der Waals surface area contributed by atoms with Gasteiger partial charge in [-0.2, -0.15) is 0 Å². The maximum Gasteiger partial charge on any atom is 0.130 e. The molecule has 0 aliphatic carbocycles. The van der Waals surface area contributed by atoms with Gasteiger partial charge in [0.2, 0.25) is 0 Å². The molecule has 4 heteroatoms. The second kappa shape index (κ2) is 3.85. The molecule has 0 spiro atoms. The molecule has 0 unspecified atom stereocenters. The summed E-state index contributed by atoms with van der Waals surface area (Å²) in [7, 11) is 0.